The zero-order valence-corrected chi connectivity index (χ0v) is 12.9. The molecule has 0 aliphatic heterocycles. The van der Waals surface area contributed by atoms with E-state index in [1.54, 1.807) is 0 Å². The van der Waals surface area contributed by atoms with Gasteiger partial charge in [-0.15, -0.1) is 0 Å². The molecule has 0 bridgehead atoms. The minimum atomic E-state index is -0.300. The highest BCUT2D eigenvalue weighted by atomic mass is 16.5. The average Bonchev–Trinajstić information content (AvgIpc) is 2.46. The predicted octanol–water partition coefficient (Wildman–Crippen LogP) is 3.62. The quantitative estimate of drug-likeness (QED) is 0.504. The summed E-state index contributed by atoms with van der Waals surface area (Å²) in [5.41, 5.74) is 0. The van der Waals surface area contributed by atoms with E-state index in [2.05, 4.69) is 6.92 Å². The molecule has 0 aromatic heterocycles. The van der Waals surface area contributed by atoms with Gasteiger partial charge in [0.1, 0.15) is 6.10 Å². The molecule has 116 valence electrons. The van der Waals surface area contributed by atoms with Gasteiger partial charge >= 0.3 is 11.9 Å². The van der Waals surface area contributed by atoms with Gasteiger partial charge in [0.25, 0.3) is 0 Å². The van der Waals surface area contributed by atoms with E-state index in [-0.39, 0.29) is 30.9 Å². The van der Waals surface area contributed by atoms with Crippen molar-refractivity contribution >= 4 is 11.9 Å². The Morgan fingerprint density at radius 1 is 1.05 bits per heavy atom. The molecule has 2 unspecified atom stereocenters. The van der Waals surface area contributed by atoms with Crippen molar-refractivity contribution in [1.82, 2.24) is 0 Å². The third-order valence-corrected chi connectivity index (χ3v) is 3.94. The molecule has 0 aromatic carbocycles. The van der Waals surface area contributed by atoms with E-state index in [0.717, 1.165) is 38.5 Å². The fourth-order valence-corrected chi connectivity index (χ4v) is 2.63. The molecule has 4 heteroatoms. The molecular weight excluding hydrogens is 256 g/mol. The number of hydrogen-bond donors (Lipinski definition) is 0. The van der Waals surface area contributed by atoms with Gasteiger partial charge in [-0.3, -0.25) is 9.59 Å². The van der Waals surface area contributed by atoms with E-state index in [4.69, 9.17) is 9.47 Å². The Morgan fingerprint density at radius 3 is 2.45 bits per heavy atom. The maximum atomic E-state index is 11.8. The van der Waals surface area contributed by atoms with Gasteiger partial charge in [-0.25, -0.2) is 0 Å². The molecule has 0 N–H and O–H groups in total. The van der Waals surface area contributed by atoms with Crippen LogP contribution in [0.3, 0.4) is 0 Å². The van der Waals surface area contributed by atoms with E-state index < -0.39 is 0 Å². The molecule has 4 nitrogen and oxygen atoms in total. The Morgan fingerprint density at radius 2 is 1.75 bits per heavy atom. The SMILES string of the molecule is CCCCOC(=O)CCC(=O)OC1CCCCC1CC. The highest BCUT2D eigenvalue weighted by Gasteiger charge is 2.26. The molecule has 0 heterocycles. The third kappa shape index (κ3) is 6.40. The summed E-state index contributed by atoms with van der Waals surface area (Å²) < 4.78 is 10.5. The molecule has 1 fully saturated rings. The number of hydrogen-bond acceptors (Lipinski definition) is 4. The summed E-state index contributed by atoms with van der Waals surface area (Å²) in [7, 11) is 0. The van der Waals surface area contributed by atoms with E-state index >= 15 is 0 Å². The van der Waals surface area contributed by atoms with Crippen LogP contribution in [-0.2, 0) is 19.1 Å². The van der Waals surface area contributed by atoms with Gasteiger partial charge in [-0.2, -0.15) is 0 Å². The van der Waals surface area contributed by atoms with Crippen LogP contribution in [0.1, 0.15) is 71.6 Å². The Bertz CT molecular complexity index is 301. The first-order valence-electron chi connectivity index (χ1n) is 8.02. The zero-order chi connectivity index (χ0) is 14.8. The maximum absolute atomic E-state index is 11.8. The first-order valence-corrected chi connectivity index (χ1v) is 8.02. The minimum absolute atomic E-state index is 0.0531. The fraction of sp³-hybridized carbons (Fsp3) is 0.875. The van der Waals surface area contributed by atoms with E-state index in [1.807, 2.05) is 6.92 Å². The molecule has 1 aliphatic carbocycles. The van der Waals surface area contributed by atoms with Gasteiger partial charge in [-0.1, -0.05) is 26.7 Å². The van der Waals surface area contributed by atoms with Gasteiger partial charge in [-0.05, 0) is 38.0 Å². The molecule has 2 atom stereocenters. The second-order valence-electron chi connectivity index (χ2n) is 5.56. The topological polar surface area (TPSA) is 52.6 Å². The lowest BCUT2D eigenvalue weighted by Gasteiger charge is -2.30. The molecular formula is C16H28O4. The average molecular weight is 284 g/mol. The largest absolute Gasteiger partial charge is 0.466 e. The summed E-state index contributed by atoms with van der Waals surface area (Å²) in [6, 6.07) is 0. The summed E-state index contributed by atoms with van der Waals surface area (Å²) in [4.78, 5) is 23.2. The van der Waals surface area contributed by atoms with Crippen molar-refractivity contribution in [3.8, 4) is 0 Å². The standard InChI is InChI=1S/C16H28O4/c1-3-5-12-19-15(17)10-11-16(18)20-14-9-7-6-8-13(14)4-2/h13-14H,3-12H2,1-2H3. The Hall–Kier alpha value is -1.06. The molecule has 0 spiro atoms. The van der Waals surface area contributed by atoms with Gasteiger partial charge in [0.2, 0.25) is 0 Å². The van der Waals surface area contributed by atoms with Crippen LogP contribution in [0, 0.1) is 5.92 Å². The summed E-state index contributed by atoms with van der Waals surface area (Å²) in [6.07, 6.45) is 7.72. The van der Waals surface area contributed by atoms with E-state index in [0.29, 0.717) is 12.5 Å². The molecule has 20 heavy (non-hydrogen) atoms. The second-order valence-corrected chi connectivity index (χ2v) is 5.56. The highest BCUT2D eigenvalue weighted by molar-refractivity contribution is 5.77. The number of carbonyl (C=O) groups excluding carboxylic acids is 2. The number of ether oxygens (including phenoxy) is 2. The number of rotatable bonds is 8. The molecule has 1 rings (SSSR count). The second kappa shape index (κ2) is 9.78. The molecule has 1 aliphatic rings. The fourth-order valence-electron chi connectivity index (χ4n) is 2.63. The van der Waals surface area contributed by atoms with Crippen LogP contribution in [0.25, 0.3) is 0 Å². The lowest BCUT2D eigenvalue weighted by Crippen LogP contribution is -2.29. The Balaban J connectivity index is 2.20. The maximum Gasteiger partial charge on any atom is 0.306 e. The van der Waals surface area contributed by atoms with Crippen LogP contribution >= 0.6 is 0 Å². The van der Waals surface area contributed by atoms with Crippen molar-refractivity contribution in [3.63, 3.8) is 0 Å². The van der Waals surface area contributed by atoms with Crippen molar-refractivity contribution in [3.05, 3.63) is 0 Å². The lowest BCUT2D eigenvalue weighted by atomic mass is 9.85. The number of unbranched alkanes of at least 4 members (excludes halogenated alkanes) is 1. The van der Waals surface area contributed by atoms with Crippen LogP contribution in [0.4, 0.5) is 0 Å². The number of esters is 2. The molecule has 0 saturated heterocycles. The molecule has 1 saturated carbocycles. The van der Waals surface area contributed by atoms with Crippen LogP contribution in [0.15, 0.2) is 0 Å². The normalized spacial score (nSPS) is 22.3. The molecule has 0 radical (unpaired) electrons. The number of carbonyl (C=O) groups is 2. The Kier molecular flexibility index (Phi) is 8.31. The van der Waals surface area contributed by atoms with E-state index in [9.17, 15) is 9.59 Å². The van der Waals surface area contributed by atoms with Gasteiger partial charge < -0.3 is 9.47 Å². The third-order valence-electron chi connectivity index (χ3n) is 3.94. The first kappa shape index (κ1) is 17.0. The predicted molar refractivity (Wildman–Crippen MR) is 77.2 cm³/mol. The smallest absolute Gasteiger partial charge is 0.306 e. The van der Waals surface area contributed by atoms with Crippen molar-refractivity contribution in [2.75, 3.05) is 6.61 Å². The van der Waals surface area contributed by atoms with Crippen molar-refractivity contribution in [2.45, 2.75) is 77.7 Å². The van der Waals surface area contributed by atoms with Gasteiger partial charge in [0.15, 0.2) is 0 Å². The van der Waals surface area contributed by atoms with Crippen LogP contribution < -0.4 is 0 Å². The van der Waals surface area contributed by atoms with Crippen molar-refractivity contribution in [1.29, 1.82) is 0 Å². The van der Waals surface area contributed by atoms with Crippen LogP contribution in [-0.4, -0.2) is 24.6 Å². The first-order chi connectivity index (χ1) is 9.67. The summed E-state index contributed by atoms with van der Waals surface area (Å²) >= 11 is 0. The molecule has 0 aromatic rings. The van der Waals surface area contributed by atoms with Crippen molar-refractivity contribution < 1.29 is 19.1 Å². The van der Waals surface area contributed by atoms with Crippen LogP contribution in [0.5, 0.6) is 0 Å². The van der Waals surface area contributed by atoms with Gasteiger partial charge in [0.05, 0.1) is 19.4 Å². The lowest BCUT2D eigenvalue weighted by molar-refractivity contribution is -0.157. The van der Waals surface area contributed by atoms with Gasteiger partial charge in [0, 0.05) is 0 Å². The summed E-state index contributed by atoms with van der Waals surface area (Å²) in [6.45, 7) is 4.63. The minimum Gasteiger partial charge on any atom is -0.466 e. The van der Waals surface area contributed by atoms with Crippen molar-refractivity contribution in [2.24, 2.45) is 5.92 Å². The zero-order valence-electron chi connectivity index (χ0n) is 12.9. The summed E-state index contributed by atoms with van der Waals surface area (Å²) in [5, 5.41) is 0. The molecule has 0 amide bonds. The monoisotopic (exact) mass is 284 g/mol. The van der Waals surface area contributed by atoms with E-state index in [1.165, 1.54) is 6.42 Å². The highest BCUT2D eigenvalue weighted by Crippen LogP contribution is 2.29. The summed E-state index contributed by atoms with van der Waals surface area (Å²) in [5.74, 6) is -0.0712. The Labute approximate surface area is 122 Å². The van der Waals surface area contributed by atoms with Crippen LogP contribution in [0.2, 0.25) is 0 Å².